The van der Waals surface area contributed by atoms with Crippen LogP contribution in [0.2, 0.25) is 0 Å². The number of rotatable bonds is 9. The van der Waals surface area contributed by atoms with Gasteiger partial charge in [0.2, 0.25) is 0 Å². The summed E-state index contributed by atoms with van der Waals surface area (Å²) in [6.07, 6.45) is 2.43. The minimum Gasteiger partial charge on any atom is -0.489 e. The van der Waals surface area contributed by atoms with Gasteiger partial charge in [-0.25, -0.2) is 4.99 Å². The van der Waals surface area contributed by atoms with Crippen LogP contribution in [-0.2, 0) is 0 Å². The van der Waals surface area contributed by atoms with E-state index in [2.05, 4.69) is 54.3 Å². The number of benzene rings is 1. The molecule has 1 aliphatic heterocycles. The molecule has 0 spiro atoms. The summed E-state index contributed by atoms with van der Waals surface area (Å²) < 4.78 is 6.03. The molecule has 0 radical (unpaired) electrons. The van der Waals surface area contributed by atoms with E-state index in [9.17, 15) is 0 Å². The van der Waals surface area contributed by atoms with E-state index in [4.69, 9.17) is 9.73 Å². The molecule has 6 nitrogen and oxygen atoms in total. The number of hydrogen-bond donors (Lipinski definition) is 2. The summed E-state index contributed by atoms with van der Waals surface area (Å²) >= 11 is 0. The standard InChI is InChI=1S/C22H39N5O/c1-5-23-22(24-12-8-14-27-15-9-13-26(4)16-17-27)25-18-20(3)28-21-11-7-6-10-19(21)2/h6-7,10-11,20H,5,8-9,12-18H2,1-4H3,(H2,23,24,25). The number of hydrogen-bond acceptors (Lipinski definition) is 4. The van der Waals surface area contributed by atoms with E-state index in [0.29, 0.717) is 6.54 Å². The summed E-state index contributed by atoms with van der Waals surface area (Å²) in [4.78, 5) is 9.70. The highest BCUT2D eigenvalue weighted by Gasteiger charge is 2.11. The van der Waals surface area contributed by atoms with Crippen LogP contribution in [-0.4, -0.2) is 81.3 Å². The summed E-state index contributed by atoms with van der Waals surface area (Å²) in [5.74, 6) is 1.81. The number of ether oxygens (including phenoxy) is 1. The van der Waals surface area contributed by atoms with Crippen molar-refractivity contribution in [2.45, 2.75) is 39.7 Å². The van der Waals surface area contributed by atoms with E-state index >= 15 is 0 Å². The number of aryl methyl sites for hydroxylation is 1. The zero-order chi connectivity index (χ0) is 20.2. The summed E-state index contributed by atoms with van der Waals surface area (Å²) in [5.41, 5.74) is 1.16. The van der Waals surface area contributed by atoms with Gasteiger partial charge in [-0.1, -0.05) is 18.2 Å². The fourth-order valence-electron chi connectivity index (χ4n) is 3.34. The molecule has 0 amide bonds. The summed E-state index contributed by atoms with van der Waals surface area (Å²) in [7, 11) is 2.22. The monoisotopic (exact) mass is 389 g/mol. The van der Waals surface area contributed by atoms with Crippen molar-refractivity contribution in [1.29, 1.82) is 0 Å². The normalized spacial score (nSPS) is 17.8. The number of likely N-dealkylation sites (N-methyl/N-ethyl adjacent to an activating group) is 1. The average Bonchev–Trinajstić information content (AvgIpc) is 2.89. The molecular weight excluding hydrogens is 350 g/mol. The smallest absolute Gasteiger partial charge is 0.191 e. The molecule has 2 N–H and O–H groups in total. The van der Waals surface area contributed by atoms with Crippen LogP contribution in [0.15, 0.2) is 29.3 Å². The van der Waals surface area contributed by atoms with Crippen molar-refractivity contribution in [1.82, 2.24) is 20.4 Å². The lowest BCUT2D eigenvalue weighted by atomic mass is 10.2. The van der Waals surface area contributed by atoms with Gasteiger partial charge in [-0.3, -0.25) is 0 Å². The molecule has 1 unspecified atom stereocenters. The molecule has 0 bridgehead atoms. The summed E-state index contributed by atoms with van der Waals surface area (Å²) in [6.45, 7) is 14.6. The predicted molar refractivity (Wildman–Crippen MR) is 118 cm³/mol. The van der Waals surface area contributed by atoms with Gasteiger partial charge in [-0.15, -0.1) is 0 Å². The van der Waals surface area contributed by atoms with Gasteiger partial charge in [-0.2, -0.15) is 0 Å². The van der Waals surface area contributed by atoms with E-state index in [1.807, 2.05) is 18.2 Å². The molecule has 1 aromatic rings. The predicted octanol–water partition coefficient (Wildman–Crippen LogP) is 2.35. The van der Waals surface area contributed by atoms with E-state index in [1.54, 1.807) is 0 Å². The Balaban J connectivity index is 1.71. The summed E-state index contributed by atoms with van der Waals surface area (Å²) in [5, 5.41) is 6.79. The number of guanidine groups is 1. The zero-order valence-electron chi connectivity index (χ0n) is 18.2. The van der Waals surface area contributed by atoms with E-state index < -0.39 is 0 Å². The van der Waals surface area contributed by atoms with Crippen LogP contribution >= 0.6 is 0 Å². The largest absolute Gasteiger partial charge is 0.489 e. The fourth-order valence-corrected chi connectivity index (χ4v) is 3.34. The lowest BCUT2D eigenvalue weighted by molar-refractivity contribution is 0.228. The first-order valence-corrected chi connectivity index (χ1v) is 10.7. The van der Waals surface area contributed by atoms with Gasteiger partial charge in [-0.05, 0) is 71.9 Å². The Labute approximate surface area is 171 Å². The molecule has 158 valence electrons. The zero-order valence-corrected chi connectivity index (χ0v) is 18.2. The van der Waals surface area contributed by atoms with Gasteiger partial charge in [0.1, 0.15) is 11.9 Å². The van der Waals surface area contributed by atoms with Gasteiger partial charge < -0.3 is 25.2 Å². The van der Waals surface area contributed by atoms with Crippen molar-refractivity contribution in [2.75, 3.05) is 59.4 Å². The second-order valence-corrected chi connectivity index (χ2v) is 7.69. The van der Waals surface area contributed by atoms with Crippen molar-refractivity contribution in [2.24, 2.45) is 4.99 Å². The molecule has 0 aromatic heterocycles. The van der Waals surface area contributed by atoms with Crippen molar-refractivity contribution in [3.63, 3.8) is 0 Å². The third-order valence-corrected chi connectivity index (χ3v) is 5.03. The maximum Gasteiger partial charge on any atom is 0.191 e. The topological polar surface area (TPSA) is 52.1 Å². The third-order valence-electron chi connectivity index (χ3n) is 5.03. The van der Waals surface area contributed by atoms with Gasteiger partial charge in [0.25, 0.3) is 0 Å². The van der Waals surface area contributed by atoms with E-state index in [-0.39, 0.29) is 6.10 Å². The Morgan fingerprint density at radius 3 is 2.79 bits per heavy atom. The molecule has 0 aliphatic carbocycles. The van der Waals surface area contributed by atoms with Gasteiger partial charge >= 0.3 is 0 Å². The number of para-hydroxylation sites is 1. The second kappa shape index (κ2) is 12.6. The minimum absolute atomic E-state index is 0.0330. The molecule has 1 atom stereocenters. The lowest BCUT2D eigenvalue weighted by Gasteiger charge is -2.20. The second-order valence-electron chi connectivity index (χ2n) is 7.69. The maximum atomic E-state index is 6.03. The Bertz CT molecular complexity index is 592. The van der Waals surface area contributed by atoms with Gasteiger partial charge in [0.05, 0.1) is 6.54 Å². The van der Waals surface area contributed by atoms with E-state index in [1.165, 1.54) is 32.6 Å². The molecule has 1 heterocycles. The molecule has 1 aliphatic rings. The van der Waals surface area contributed by atoms with Crippen LogP contribution in [0.25, 0.3) is 0 Å². The average molecular weight is 390 g/mol. The molecule has 1 fully saturated rings. The fraction of sp³-hybridized carbons (Fsp3) is 0.682. The first kappa shape index (κ1) is 22.5. The first-order valence-electron chi connectivity index (χ1n) is 10.7. The lowest BCUT2D eigenvalue weighted by Crippen LogP contribution is -2.39. The van der Waals surface area contributed by atoms with Crippen LogP contribution in [0.3, 0.4) is 0 Å². The Hall–Kier alpha value is -1.79. The molecular formula is C22H39N5O. The molecule has 2 rings (SSSR count). The SMILES string of the molecule is CCNC(=NCC(C)Oc1ccccc1C)NCCCN1CCCN(C)CC1. The molecule has 1 aromatic carbocycles. The number of nitrogens with one attached hydrogen (secondary N) is 2. The van der Waals surface area contributed by atoms with Crippen molar-refractivity contribution in [3.05, 3.63) is 29.8 Å². The highest BCUT2D eigenvalue weighted by atomic mass is 16.5. The highest BCUT2D eigenvalue weighted by Crippen LogP contribution is 2.17. The highest BCUT2D eigenvalue weighted by molar-refractivity contribution is 5.79. The van der Waals surface area contributed by atoms with Crippen LogP contribution < -0.4 is 15.4 Å². The molecule has 1 saturated heterocycles. The van der Waals surface area contributed by atoms with Crippen LogP contribution in [0.4, 0.5) is 0 Å². The molecule has 28 heavy (non-hydrogen) atoms. The number of aliphatic imine (C=N–C) groups is 1. The van der Waals surface area contributed by atoms with Crippen molar-refractivity contribution < 1.29 is 4.74 Å². The first-order chi connectivity index (χ1) is 13.6. The van der Waals surface area contributed by atoms with Crippen molar-refractivity contribution >= 4 is 5.96 Å². The third kappa shape index (κ3) is 8.48. The van der Waals surface area contributed by atoms with Gasteiger partial charge in [0.15, 0.2) is 5.96 Å². The van der Waals surface area contributed by atoms with Crippen LogP contribution in [0, 0.1) is 6.92 Å². The van der Waals surface area contributed by atoms with Crippen molar-refractivity contribution in [3.8, 4) is 5.75 Å². The maximum absolute atomic E-state index is 6.03. The van der Waals surface area contributed by atoms with Crippen LogP contribution in [0.5, 0.6) is 5.75 Å². The quantitative estimate of drug-likeness (QED) is 0.386. The Morgan fingerprint density at radius 1 is 1.18 bits per heavy atom. The Morgan fingerprint density at radius 2 is 2.00 bits per heavy atom. The summed E-state index contributed by atoms with van der Waals surface area (Å²) in [6, 6.07) is 8.12. The Kier molecular flexibility index (Phi) is 10.1. The van der Waals surface area contributed by atoms with Gasteiger partial charge in [0, 0.05) is 26.2 Å². The van der Waals surface area contributed by atoms with E-state index in [0.717, 1.165) is 43.3 Å². The minimum atomic E-state index is 0.0330. The number of nitrogens with zero attached hydrogens (tertiary/aromatic N) is 3. The molecule has 0 saturated carbocycles. The molecule has 6 heteroatoms. The van der Waals surface area contributed by atoms with Crippen LogP contribution in [0.1, 0.15) is 32.3 Å².